The highest BCUT2D eigenvalue weighted by molar-refractivity contribution is 7.89. The lowest BCUT2D eigenvalue weighted by atomic mass is 10.1. The molecule has 3 N–H and O–H groups in total. The molecular weight excluding hydrogens is 404 g/mol. The van der Waals surface area contributed by atoms with E-state index in [1.807, 2.05) is 19.9 Å². The van der Waals surface area contributed by atoms with Crippen LogP contribution in [0, 0.1) is 17.2 Å². The van der Waals surface area contributed by atoms with E-state index < -0.39 is 15.9 Å². The zero-order valence-electron chi connectivity index (χ0n) is 16.8. The number of nitrogens with zero attached hydrogens (tertiary/aromatic N) is 1. The van der Waals surface area contributed by atoms with Crippen LogP contribution in [0.4, 0.5) is 11.4 Å². The second-order valence-corrected chi connectivity index (χ2v) is 8.78. The van der Waals surface area contributed by atoms with Gasteiger partial charge in [-0.3, -0.25) is 9.59 Å². The van der Waals surface area contributed by atoms with E-state index >= 15 is 0 Å². The topological polar surface area (TPSA) is 128 Å². The van der Waals surface area contributed by atoms with Gasteiger partial charge in [0.1, 0.15) is 0 Å². The molecule has 0 fully saturated rings. The van der Waals surface area contributed by atoms with Crippen molar-refractivity contribution < 1.29 is 18.0 Å². The molecule has 0 aromatic heterocycles. The summed E-state index contributed by atoms with van der Waals surface area (Å²) in [7, 11) is -3.81. The Morgan fingerprint density at radius 3 is 2.27 bits per heavy atom. The Labute approximate surface area is 176 Å². The number of carbonyl (C=O) groups is 2. The Morgan fingerprint density at radius 2 is 1.67 bits per heavy atom. The van der Waals surface area contributed by atoms with Crippen LogP contribution in [0.5, 0.6) is 0 Å². The van der Waals surface area contributed by atoms with Gasteiger partial charge in [0.25, 0.3) is 5.91 Å². The zero-order valence-corrected chi connectivity index (χ0v) is 17.6. The molecule has 0 aliphatic heterocycles. The maximum absolute atomic E-state index is 12.5. The molecule has 9 heteroatoms. The SMILES string of the molecule is CC(C)CC(=O)Nc1ccc(NC(=O)c2cccc(S(=O)(=O)NCCC#N)c2)cc1. The van der Waals surface area contributed by atoms with Crippen LogP contribution in [0.15, 0.2) is 53.4 Å². The second kappa shape index (κ2) is 10.5. The normalized spacial score (nSPS) is 11.0. The monoisotopic (exact) mass is 428 g/mol. The Kier molecular flexibility index (Phi) is 8.09. The highest BCUT2D eigenvalue weighted by Crippen LogP contribution is 2.17. The smallest absolute Gasteiger partial charge is 0.255 e. The lowest BCUT2D eigenvalue weighted by Crippen LogP contribution is -2.25. The van der Waals surface area contributed by atoms with Gasteiger partial charge >= 0.3 is 0 Å². The molecule has 158 valence electrons. The third-order valence-electron chi connectivity index (χ3n) is 3.96. The lowest BCUT2D eigenvalue weighted by molar-refractivity contribution is -0.116. The fraction of sp³-hybridized carbons (Fsp3) is 0.286. The number of sulfonamides is 1. The molecule has 0 radical (unpaired) electrons. The average molecular weight is 429 g/mol. The van der Waals surface area contributed by atoms with Crippen LogP contribution >= 0.6 is 0 Å². The van der Waals surface area contributed by atoms with Crippen molar-refractivity contribution >= 4 is 33.2 Å². The number of nitrogens with one attached hydrogen (secondary N) is 3. The molecule has 2 rings (SSSR count). The van der Waals surface area contributed by atoms with E-state index in [0.717, 1.165) is 0 Å². The molecule has 0 heterocycles. The summed E-state index contributed by atoms with van der Waals surface area (Å²) >= 11 is 0. The van der Waals surface area contributed by atoms with Crippen molar-refractivity contribution in [2.24, 2.45) is 5.92 Å². The van der Waals surface area contributed by atoms with Gasteiger partial charge in [-0.05, 0) is 48.4 Å². The molecule has 0 atom stereocenters. The highest BCUT2D eigenvalue weighted by Gasteiger charge is 2.16. The summed E-state index contributed by atoms with van der Waals surface area (Å²) in [6.45, 7) is 3.91. The van der Waals surface area contributed by atoms with Crippen molar-refractivity contribution in [3.05, 3.63) is 54.1 Å². The van der Waals surface area contributed by atoms with Gasteiger partial charge in [-0.2, -0.15) is 5.26 Å². The van der Waals surface area contributed by atoms with Crippen molar-refractivity contribution in [2.45, 2.75) is 31.6 Å². The van der Waals surface area contributed by atoms with Crippen molar-refractivity contribution in [2.75, 3.05) is 17.2 Å². The first-order chi connectivity index (χ1) is 14.2. The molecule has 2 aromatic carbocycles. The average Bonchev–Trinajstić information content (AvgIpc) is 2.69. The number of amides is 2. The van der Waals surface area contributed by atoms with Gasteiger partial charge in [-0.1, -0.05) is 19.9 Å². The van der Waals surface area contributed by atoms with Gasteiger partial charge < -0.3 is 10.6 Å². The Morgan fingerprint density at radius 1 is 1.03 bits per heavy atom. The van der Waals surface area contributed by atoms with Gasteiger partial charge in [-0.25, -0.2) is 13.1 Å². The minimum absolute atomic E-state index is 0.00465. The Bertz CT molecular complexity index is 1040. The van der Waals surface area contributed by atoms with Crippen LogP contribution in [0.3, 0.4) is 0 Å². The van der Waals surface area contributed by atoms with Gasteiger partial charge in [0, 0.05) is 36.3 Å². The van der Waals surface area contributed by atoms with Crippen LogP contribution < -0.4 is 15.4 Å². The predicted molar refractivity (Wildman–Crippen MR) is 114 cm³/mol. The van der Waals surface area contributed by atoms with E-state index in [1.54, 1.807) is 24.3 Å². The van der Waals surface area contributed by atoms with Gasteiger partial charge in [0.15, 0.2) is 0 Å². The fourth-order valence-corrected chi connectivity index (χ4v) is 3.63. The van der Waals surface area contributed by atoms with E-state index in [-0.39, 0.29) is 35.2 Å². The lowest BCUT2D eigenvalue weighted by Gasteiger charge is -2.10. The third kappa shape index (κ3) is 6.99. The number of carbonyl (C=O) groups excluding carboxylic acids is 2. The second-order valence-electron chi connectivity index (χ2n) is 7.01. The molecule has 0 unspecified atom stereocenters. The van der Waals surface area contributed by atoms with Crippen molar-refractivity contribution in [1.29, 1.82) is 5.26 Å². The molecule has 0 saturated carbocycles. The summed E-state index contributed by atoms with van der Waals surface area (Å²) < 4.78 is 26.8. The first-order valence-electron chi connectivity index (χ1n) is 9.39. The van der Waals surface area contributed by atoms with Gasteiger partial charge in [0.05, 0.1) is 11.0 Å². The minimum Gasteiger partial charge on any atom is -0.326 e. The summed E-state index contributed by atoms with van der Waals surface area (Å²) in [5, 5.41) is 14.0. The van der Waals surface area contributed by atoms with E-state index in [0.29, 0.717) is 17.8 Å². The Balaban J connectivity index is 2.04. The van der Waals surface area contributed by atoms with Crippen molar-refractivity contribution in [3.8, 4) is 6.07 Å². The van der Waals surface area contributed by atoms with Gasteiger partial charge in [0.2, 0.25) is 15.9 Å². The predicted octanol–water partition coefficient (Wildman–Crippen LogP) is 3.12. The zero-order chi connectivity index (χ0) is 22.1. The molecule has 2 amide bonds. The molecular formula is C21H24N4O4S. The highest BCUT2D eigenvalue weighted by atomic mass is 32.2. The molecule has 0 saturated heterocycles. The molecule has 0 spiro atoms. The summed E-state index contributed by atoms with van der Waals surface area (Å²) in [4.78, 5) is 24.3. The first-order valence-corrected chi connectivity index (χ1v) is 10.9. The summed E-state index contributed by atoms with van der Waals surface area (Å²) in [5.41, 5.74) is 1.30. The Hall–Kier alpha value is -3.22. The summed E-state index contributed by atoms with van der Waals surface area (Å²) in [5.74, 6) is -0.298. The number of benzene rings is 2. The van der Waals surface area contributed by atoms with Crippen LogP contribution in [-0.2, 0) is 14.8 Å². The molecule has 0 bridgehead atoms. The number of nitriles is 1. The number of rotatable bonds is 9. The molecule has 8 nitrogen and oxygen atoms in total. The minimum atomic E-state index is -3.81. The maximum Gasteiger partial charge on any atom is 0.255 e. The van der Waals surface area contributed by atoms with Crippen molar-refractivity contribution in [3.63, 3.8) is 0 Å². The summed E-state index contributed by atoms with van der Waals surface area (Å²) in [6.07, 6.45) is 0.469. The van der Waals surface area contributed by atoms with E-state index in [1.165, 1.54) is 24.3 Å². The number of hydrogen-bond acceptors (Lipinski definition) is 5. The van der Waals surface area contributed by atoms with Crippen LogP contribution in [0.25, 0.3) is 0 Å². The molecule has 2 aromatic rings. The van der Waals surface area contributed by atoms with E-state index in [4.69, 9.17) is 5.26 Å². The standard InChI is InChI=1S/C21H24N4O4S/c1-15(2)13-20(26)24-17-7-9-18(10-8-17)25-21(27)16-5-3-6-19(14-16)30(28,29)23-12-4-11-22/h3,5-10,14-15,23H,4,12-13H2,1-2H3,(H,24,26)(H,25,27). The fourth-order valence-electron chi connectivity index (χ4n) is 2.55. The number of hydrogen-bond donors (Lipinski definition) is 3. The summed E-state index contributed by atoms with van der Waals surface area (Å²) in [6, 6.07) is 14.1. The van der Waals surface area contributed by atoms with Crippen LogP contribution in [-0.4, -0.2) is 26.8 Å². The molecule has 30 heavy (non-hydrogen) atoms. The largest absolute Gasteiger partial charge is 0.326 e. The van der Waals surface area contributed by atoms with Crippen LogP contribution in [0.2, 0.25) is 0 Å². The quantitative estimate of drug-likeness (QED) is 0.529. The molecule has 0 aliphatic rings. The molecule has 0 aliphatic carbocycles. The third-order valence-corrected chi connectivity index (χ3v) is 5.41. The number of anilines is 2. The van der Waals surface area contributed by atoms with Gasteiger partial charge in [-0.15, -0.1) is 0 Å². The van der Waals surface area contributed by atoms with E-state index in [2.05, 4.69) is 15.4 Å². The van der Waals surface area contributed by atoms with Crippen molar-refractivity contribution in [1.82, 2.24) is 4.72 Å². The van der Waals surface area contributed by atoms with Crippen LogP contribution in [0.1, 0.15) is 37.0 Å². The maximum atomic E-state index is 12.5. The first kappa shape index (κ1) is 23.1. The van der Waals surface area contributed by atoms with E-state index in [9.17, 15) is 18.0 Å².